The zero-order valence-electron chi connectivity index (χ0n) is 14.2. The maximum Gasteiger partial charge on any atom is 0.253 e. The largest absolute Gasteiger partial charge is 0.506 e. The van der Waals surface area contributed by atoms with E-state index in [1.807, 2.05) is 0 Å². The second kappa shape index (κ2) is 6.94. The minimum absolute atomic E-state index is 0.00149. The number of benzene rings is 1. The molecule has 1 aromatic carbocycles. The van der Waals surface area contributed by atoms with Gasteiger partial charge in [0.25, 0.3) is 5.91 Å². The van der Waals surface area contributed by atoms with Gasteiger partial charge in [-0.15, -0.1) is 0 Å². The molecule has 3 aromatic rings. The van der Waals surface area contributed by atoms with E-state index in [1.54, 1.807) is 18.3 Å². The van der Waals surface area contributed by atoms with Crippen molar-refractivity contribution in [3.05, 3.63) is 36.1 Å². The lowest BCUT2D eigenvalue weighted by molar-refractivity contribution is -0.122. The Balaban J connectivity index is 1.47. The number of carbonyl (C=O) groups excluding carboxylic acids is 2. The molecule has 1 unspecified atom stereocenters. The van der Waals surface area contributed by atoms with E-state index in [9.17, 15) is 14.7 Å². The number of phenols is 1. The van der Waals surface area contributed by atoms with Crippen LogP contribution in [0.4, 0.5) is 0 Å². The van der Waals surface area contributed by atoms with Gasteiger partial charge in [0, 0.05) is 12.8 Å². The Kier molecular flexibility index (Phi) is 4.33. The number of amides is 2. The highest BCUT2D eigenvalue weighted by Crippen LogP contribution is 2.29. The fourth-order valence-corrected chi connectivity index (χ4v) is 2.96. The zero-order chi connectivity index (χ0) is 18.8. The molecule has 0 saturated carbocycles. The average molecular weight is 367 g/mol. The van der Waals surface area contributed by atoms with Crippen molar-refractivity contribution in [1.29, 1.82) is 0 Å². The molecule has 0 spiro atoms. The Labute approximate surface area is 153 Å². The van der Waals surface area contributed by atoms with Crippen LogP contribution in [0.1, 0.15) is 23.2 Å². The molecule has 9 nitrogen and oxygen atoms in total. The number of hydrogen-bond acceptors (Lipinski definition) is 6. The molecule has 0 bridgehead atoms. The van der Waals surface area contributed by atoms with Gasteiger partial charge in [-0.05, 0) is 37.1 Å². The Morgan fingerprint density at radius 3 is 2.96 bits per heavy atom. The van der Waals surface area contributed by atoms with Crippen LogP contribution in [-0.2, 0) is 4.79 Å². The Morgan fingerprint density at radius 2 is 2.22 bits per heavy atom. The fourth-order valence-electron chi connectivity index (χ4n) is 2.96. The number of fused-ring (bicyclic) bond motifs is 1. The van der Waals surface area contributed by atoms with Crippen LogP contribution in [-0.4, -0.2) is 39.6 Å². The number of hydrogen-bond donors (Lipinski definition) is 4. The molecule has 0 saturated heterocycles. The number of rotatable bonds is 6. The summed E-state index contributed by atoms with van der Waals surface area (Å²) >= 11 is 0. The number of H-pyrrole nitrogens is 1. The molecule has 27 heavy (non-hydrogen) atoms. The predicted molar refractivity (Wildman–Crippen MR) is 97.2 cm³/mol. The normalized spacial score (nSPS) is 16.0. The maximum absolute atomic E-state index is 12.6. The van der Waals surface area contributed by atoms with Crippen LogP contribution in [0, 0.1) is 5.92 Å². The standard InChI is InChI=1S/C18H17N5O4/c24-12-6-5-11(14-15(12)22-16(21-14)13-4-2-8-27-13)18(26)19-7-1-3-10-9-20-23-17(10)25/h2,4-6,8-10,24H,1,3,7H2,(H,19,26)(H,21,22)(H,23,25). The number of aromatic amines is 1. The summed E-state index contributed by atoms with van der Waals surface area (Å²) in [6.07, 6.45) is 4.33. The highest BCUT2D eigenvalue weighted by atomic mass is 16.3. The van der Waals surface area contributed by atoms with E-state index in [0.717, 1.165) is 0 Å². The molecule has 2 amide bonds. The Morgan fingerprint density at radius 1 is 1.33 bits per heavy atom. The first-order valence-corrected chi connectivity index (χ1v) is 8.50. The first kappa shape index (κ1) is 16.8. The number of phenolic OH excluding ortho intramolecular Hbond substituents is 1. The van der Waals surface area contributed by atoms with Gasteiger partial charge in [-0.1, -0.05) is 0 Å². The van der Waals surface area contributed by atoms with Crippen LogP contribution in [0.5, 0.6) is 5.75 Å². The van der Waals surface area contributed by atoms with Gasteiger partial charge in [-0.2, -0.15) is 5.10 Å². The lowest BCUT2D eigenvalue weighted by Gasteiger charge is -2.07. The molecular weight excluding hydrogens is 350 g/mol. The van der Waals surface area contributed by atoms with Crippen molar-refractivity contribution in [1.82, 2.24) is 20.7 Å². The molecule has 0 aliphatic carbocycles. The average Bonchev–Trinajstić information content (AvgIpc) is 3.39. The minimum atomic E-state index is -0.304. The van der Waals surface area contributed by atoms with Gasteiger partial charge in [0.15, 0.2) is 11.6 Å². The summed E-state index contributed by atoms with van der Waals surface area (Å²) in [5.74, 6) is 0.263. The molecule has 4 rings (SSSR count). The van der Waals surface area contributed by atoms with E-state index in [0.29, 0.717) is 47.6 Å². The van der Waals surface area contributed by atoms with Gasteiger partial charge in [0.05, 0.1) is 17.7 Å². The lowest BCUT2D eigenvalue weighted by Crippen LogP contribution is -2.26. The van der Waals surface area contributed by atoms with Crippen molar-refractivity contribution in [2.45, 2.75) is 12.8 Å². The number of furan rings is 1. The van der Waals surface area contributed by atoms with Crippen molar-refractivity contribution in [3.63, 3.8) is 0 Å². The molecule has 1 aliphatic rings. The predicted octanol–water partition coefficient (Wildman–Crippen LogP) is 1.77. The topological polar surface area (TPSA) is 133 Å². The molecular formula is C18H17N5O4. The van der Waals surface area contributed by atoms with Crippen molar-refractivity contribution in [2.75, 3.05) is 6.54 Å². The molecule has 1 atom stereocenters. The number of aromatic nitrogens is 2. The number of nitrogens with zero attached hydrogens (tertiary/aromatic N) is 2. The minimum Gasteiger partial charge on any atom is -0.506 e. The molecule has 1 aliphatic heterocycles. The van der Waals surface area contributed by atoms with Crippen molar-refractivity contribution < 1.29 is 19.1 Å². The van der Waals surface area contributed by atoms with E-state index in [4.69, 9.17) is 4.42 Å². The SMILES string of the molecule is O=C(NCCCC1C=NNC1=O)c1ccc(O)c2[nH]c(-c3ccco3)nc12. The third-order valence-corrected chi connectivity index (χ3v) is 4.37. The lowest BCUT2D eigenvalue weighted by atomic mass is 10.0. The van der Waals surface area contributed by atoms with Gasteiger partial charge < -0.3 is 19.8 Å². The molecule has 0 fully saturated rings. The Bertz CT molecular complexity index is 1020. The van der Waals surface area contributed by atoms with Crippen LogP contribution in [0.3, 0.4) is 0 Å². The van der Waals surface area contributed by atoms with E-state index in [2.05, 4.69) is 25.8 Å². The van der Waals surface area contributed by atoms with E-state index in [1.165, 1.54) is 18.4 Å². The number of nitrogens with one attached hydrogen (secondary N) is 3. The van der Waals surface area contributed by atoms with Crippen molar-refractivity contribution in [2.24, 2.45) is 11.0 Å². The van der Waals surface area contributed by atoms with Crippen LogP contribution in [0.15, 0.2) is 40.0 Å². The van der Waals surface area contributed by atoms with Gasteiger partial charge in [0.2, 0.25) is 5.91 Å². The maximum atomic E-state index is 12.6. The van der Waals surface area contributed by atoms with Crippen LogP contribution in [0.2, 0.25) is 0 Å². The highest BCUT2D eigenvalue weighted by Gasteiger charge is 2.21. The quantitative estimate of drug-likeness (QED) is 0.493. The van der Waals surface area contributed by atoms with E-state index in [-0.39, 0.29) is 23.5 Å². The fraction of sp³-hybridized carbons (Fsp3) is 0.222. The van der Waals surface area contributed by atoms with Crippen molar-refractivity contribution in [3.8, 4) is 17.3 Å². The second-order valence-electron chi connectivity index (χ2n) is 6.18. The summed E-state index contributed by atoms with van der Waals surface area (Å²) in [5, 5.41) is 16.6. The number of hydrazone groups is 1. The van der Waals surface area contributed by atoms with Crippen molar-refractivity contribution >= 4 is 29.1 Å². The molecule has 138 valence electrons. The summed E-state index contributed by atoms with van der Waals surface area (Å²) in [7, 11) is 0. The van der Waals surface area contributed by atoms with E-state index < -0.39 is 0 Å². The zero-order valence-corrected chi connectivity index (χ0v) is 14.2. The number of imidazole rings is 1. The van der Waals surface area contributed by atoms with E-state index >= 15 is 0 Å². The molecule has 0 radical (unpaired) electrons. The van der Waals surface area contributed by atoms with Crippen LogP contribution < -0.4 is 10.7 Å². The second-order valence-corrected chi connectivity index (χ2v) is 6.18. The van der Waals surface area contributed by atoms with Crippen LogP contribution in [0.25, 0.3) is 22.6 Å². The summed E-state index contributed by atoms with van der Waals surface area (Å²) in [6.45, 7) is 0.411. The van der Waals surface area contributed by atoms with Gasteiger partial charge >= 0.3 is 0 Å². The number of aromatic hydroxyl groups is 1. The first-order valence-electron chi connectivity index (χ1n) is 8.50. The third kappa shape index (κ3) is 3.26. The highest BCUT2D eigenvalue weighted by molar-refractivity contribution is 6.06. The third-order valence-electron chi connectivity index (χ3n) is 4.37. The summed E-state index contributed by atoms with van der Waals surface area (Å²) in [6, 6.07) is 6.43. The molecule has 9 heteroatoms. The monoisotopic (exact) mass is 367 g/mol. The Hall–Kier alpha value is -3.62. The summed E-state index contributed by atoms with van der Waals surface area (Å²) in [5.41, 5.74) is 3.46. The van der Waals surface area contributed by atoms with Crippen LogP contribution >= 0.6 is 0 Å². The number of carbonyl (C=O) groups is 2. The molecule has 2 aromatic heterocycles. The first-order chi connectivity index (χ1) is 13.1. The van der Waals surface area contributed by atoms with Gasteiger partial charge in [-0.25, -0.2) is 10.4 Å². The van der Waals surface area contributed by atoms with Gasteiger partial charge in [-0.3, -0.25) is 9.59 Å². The van der Waals surface area contributed by atoms with Gasteiger partial charge in [0.1, 0.15) is 16.8 Å². The summed E-state index contributed by atoms with van der Waals surface area (Å²) < 4.78 is 5.31. The summed E-state index contributed by atoms with van der Waals surface area (Å²) in [4.78, 5) is 31.4. The molecule has 4 N–H and O–H groups in total. The molecule has 3 heterocycles. The smallest absolute Gasteiger partial charge is 0.253 e.